The molecule has 0 amide bonds. The second-order valence-electron chi connectivity index (χ2n) is 9.40. The minimum Gasteiger partial charge on any atom is -0.492 e. The van der Waals surface area contributed by atoms with E-state index in [-0.39, 0.29) is 30.0 Å². The van der Waals surface area contributed by atoms with Gasteiger partial charge in [-0.05, 0) is 59.9 Å². The number of rotatable bonds is 8. The van der Waals surface area contributed by atoms with Gasteiger partial charge in [-0.2, -0.15) is 0 Å². The third-order valence-electron chi connectivity index (χ3n) is 6.75. The number of ether oxygens (including phenoxy) is 4. The Morgan fingerprint density at radius 1 is 1.14 bits per heavy atom. The summed E-state index contributed by atoms with van der Waals surface area (Å²) in [5, 5.41) is 9.08. The van der Waals surface area contributed by atoms with Crippen LogP contribution in [-0.4, -0.2) is 37.0 Å². The average molecular weight is 493 g/mol. The number of aryl methyl sites for hydroxylation is 1. The van der Waals surface area contributed by atoms with E-state index in [0.717, 1.165) is 34.2 Å². The molecule has 2 aliphatic heterocycles. The Bertz CT molecular complexity index is 1280. The highest BCUT2D eigenvalue weighted by molar-refractivity contribution is 5.73. The maximum Gasteiger partial charge on any atom is 0.304 e. The fraction of sp³-hybridized carbons (Fsp3) is 0.345. The summed E-state index contributed by atoms with van der Waals surface area (Å²) in [6.45, 7) is 5.56. The molecule has 2 aliphatic rings. The molecule has 1 fully saturated rings. The maximum absolute atomic E-state index is 15.2. The standard InChI is InChI=1S/C29H29FO6/c1-17-10-26(36-23-8-9-33-16-23)29(30)18(2)28(17)20-5-3-4-19(11-20)14-34-22-6-7-24-21(12-27(31)32)15-35-25(24)13-22/h3-7,10-11,13,21,23H,8-9,12,14-16H2,1-2H3,(H,31,32). The third-order valence-corrected chi connectivity index (χ3v) is 6.75. The molecular formula is C29H29FO6. The van der Waals surface area contributed by atoms with Crippen LogP contribution in [0.3, 0.4) is 0 Å². The van der Waals surface area contributed by atoms with E-state index in [0.29, 0.717) is 43.5 Å². The molecule has 1 saturated heterocycles. The molecule has 188 valence electrons. The summed E-state index contributed by atoms with van der Waals surface area (Å²) in [6, 6.07) is 15.2. The quantitative estimate of drug-likeness (QED) is 0.428. The number of halogens is 1. The zero-order valence-corrected chi connectivity index (χ0v) is 20.4. The van der Waals surface area contributed by atoms with Gasteiger partial charge in [0.15, 0.2) is 11.6 Å². The van der Waals surface area contributed by atoms with Crippen molar-refractivity contribution < 1.29 is 33.2 Å². The molecule has 0 aromatic heterocycles. The lowest BCUT2D eigenvalue weighted by Crippen LogP contribution is -2.17. The van der Waals surface area contributed by atoms with Crippen LogP contribution in [0.15, 0.2) is 48.5 Å². The van der Waals surface area contributed by atoms with Gasteiger partial charge in [-0.1, -0.05) is 24.3 Å². The van der Waals surface area contributed by atoms with Crippen LogP contribution in [0.1, 0.15) is 41.0 Å². The number of hydrogen-bond donors (Lipinski definition) is 1. The number of carbonyl (C=O) groups is 1. The van der Waals surface area contributed by atoms with Gasteiger partial charge < -0.3 is 24.1 Å². The zero-order chi connectivity index (χ0) is 25.2. The fourth-order valence-corrected chi connectivity index (χ4v) is 4.95. The van der Waals surface area contributed by atoms with Gasteiger partial charge in [-0.3, -0.25) is 4.79 Å². The fourth-order valence-electron chi connectivity index (χ4n) is 4.95. The maximum atomic E-state index is 15.2. The highest BCUT2D eigenvalue weighted by Gasteiger charge is 2.27. The van der Waals surface area contributed by atoms with E-state index in [1.807, 2.05) is 43.3 Å². The van der Waals surface area contributed by atoms with Crippen molar-refractivity contribution in [3.8, 4) is 28.4 Å². The van der Waals surface area contributed by atoms with E-state index in [9.17, 15) is 4.79 Å². The van der Waals surface area contributed by atoms with Crippen molar-refractivity contribution in [1.82, 2.24) is 0 Å². The first-order valence-electron chi connectivity index (χ1n) is 12.1. The molecule has 1 N–H and O–H groups in total. The topological polar surface area (TPSA) is 74.2 Å². The van der Waals surface area contributed by atoms with Crippen molar-refractivity contribution in [2.24, 2.45) is 0 Å². The minimum absolute atomic E-state index is 0.0432. The second-order valence-corrected chi connectivity index (χ2v) is 9.40. The Balaban J connectivity index is 1.31. The van der Waals surface area contributed by atoms with Crippen molar-refractivity contribution in [2.75, 3.05) is 19.8 Å². The Kier molecular flexibility index (Phi) is 6.83. The van der Waals surface area contributed by atoms with Gasteiger partial charge in [0.05, 0.1) is 26.2 Å². The van der Waals surface area contributed by atoms with Gasteiger partial charge in [0, 0.05) is 24.0 Å². The molecule has 36 heavy (non-hydrogen) atoms. The largest absolute Gasteiger partial charge is 0.492 e. The van der Waals surface area contributed by atoms with E-state index in [1.54, 1.807) is 19.1 Å². The first-order valence-corrected chi connectivity index (χ1v) is 12.1. The highest BCUT2D eigenvalue weighted by atomic mass is 19.1. The van der Waals surface area contributed by atoms with E-state index < -0.39 is 5.97 Å². The van der Waals surface area contributed by atoms with Gasteiger partial charge >= 0.3 is 5.97 Å². The highest BCUT2D eigenvalue weighted by Crippen LogP contribution is 2.39. The molecule has 7 heteroatoms. The van der Waals surface area contributed by atoms with Gasteiger partial charge in [0.2, 0.25) is 0 Å². The monoisotopic (exact) mass is 492 g/mol. The first kappa shape index (κ1) is 24.1. The van der Waals surface area contributed by atoms with Gasteiger partial charge in [-0.15, -0.1) is 0 Å². The summed E-state index contributed by atoms with van der Waals surface area (Å²) in [4.78, 5) is 11.1. The lowest BCUT2D eigenvalue weighted by Gasteiger charge is -2.18. The second kappa shape index (κ2) is 10.2. The lowest BCUT2D eigenvalue weighted by molar-refractivity contribution is -0.137. The Morgan fingerprint density at radius 3 is 2.78 bits per heavy atom. The normalized spacial score (nSPS) is 18.5. The summed E-state index contributed by atoms with van der Waals surface area (Å²) in [7, 11) is 0. The summed E-state index contributed by atoms with van der Waals surface area (Å²) < 4.78 is 38.1. The summed E-state index contributed by atoms with van der Waals surface area (Å²) in [5.41, 5.74) is 5.09. The number of aliphatic carboxylic acids is 1. The third kappa shape index (κ3) is 5.02. The molecule has 0 radical (unpaired) electrons. The predicted molar refractivity (Wildman–Crippen MR) is 132 cm³/mol. The van der Waals surface area contributed by atoms with Gasteiger partial charge in [-0.25, -0.2) is 4.39 Å². The van der Waals surface area contributed by atoms with E-state index in [4.69, 9.17) is 24.1 Å². The first-order chi connectivity index (χ1) is 17.4. The summed E-state index contributed by atoms with van der Waals surface area (Å²) in [6.07, 6.45) is 0.694. The molecule has 0 saturated carbocycles. The Hall–Kier alpha value is -3.58. The van der Waals surface area contributed by atoms with Crippen molar-refractivity contribution in [3.05, 3.63) is 76.6 Å². The molecule has 6 nitrogen and oxygen atoms in total. The molecule has 2 heterocycles. The number of benzene rings is 3. The molecule has 3 aromatic rings. The Labute approximate surface area is 209 Å². The molecule has 0 spiro atoms. The predicted octanol–water partition coefficient (Wildman–Crippen LogP) is 5.81. The van der Waals surface area contributed by atoms with Crippen LogP contribution in [0.5, 0.6) is 17.2 Å². The van der Waals surface area contributed by atoms with Crippen LogP contribution in [0.25, 0.3) is 11.1 Å². The van der Waals surface area contributed by atoms with Crippen molar-refractivity contribution >= 4 is 5.97 Å². The van der Waals surface area contributed by atoms with E-state index in [1.165, 1.54) is 0 Å². The minimum atomic E-state index is -0.840. The van der Waals surface area contributed by atoms with Crippen LogP contribution in [0.4, 0.5) is 4.39 Å². The SMILES string of the molecule is Cc1cc(OC2CCOC2)c(F)c(C)c1-c1cccc(COc2ccc3c(c2)OCC3CC(=O)O)c1. The van der Waals surface area contributed by atoms with Crippen molar-refractivity contribution in [1.29, 1.82) is 0 Å². The van der Waals surface area contributed by atoms with Crippen LogP contribution in [0.2, 0.25) is 0 Å². The van der Waals surface area contributed by atoms with Crippen LogP contribution < -0.4 is 14.2 Å². The lowest BCUT2D eigenvalue weighted by atomic mass is 9.94. The van der Waals surface area contributed by atoms with Crippen molar-refractivity contribution in [2.45, 2.75) is 45.3 Å². The van der Waals surface area contributed by atoms with E-state index in [2.05, 4.69) is 0 Å². The van der Waals surface area contributed by atoms with Gasteiger partial charge in [0.1, 0.15) is 24.2 Å². The number of fused-ring (bicyclic) bond motifs is 1. The molecule has 2 unspecified atom stereocenters. The number of carboxylic acids is 1. The van der Waals surface area contributed by atoms with Crippen molar-refractivity contribution in [3.63, 3.8) is 0 Å². The molecule has 0 bridgehead atoms. The molecule has 3 aromatic carbocycles. The van der Waals surface area contributed by atoms with E-state index >= 15 is 4.39 Å². The smallest absolute Gasteiger partial charge is 0.304 e. The van der Waals surface area contributed by atoms with Crippen LogP contribution in [-0.2, 0) is 16.1 Å². The Morgan fingerprint density at radius 2 is 2.00 bits per heavy atom. The van der Waals surface area contributed by atoms with Crippen LogP contribution >= 0.6 is 0 Å². The molecule has 5 rings (SSSR count). The van der Waals surface area contributed by atoms with Crippen LogP contribution in [0, 0.1) is 19.7 Å². The summed E-state index contributed by atoms with van der Waals surface area (Å²) in [5.74, 6) is 0.259. The molecule has 2 atom stereocenters. The number of hydrogen-bond acceptors (Lipinski definition) is 5. The zero-order valence-electron chi connectivity index (χ0n) is 20.4. The molecule has 0 aliphatic carbocycles. The average Bonchev–Trinajstić information content (AvgIpc) is 3.51. The molecular weight excluding hydrogens is 463 g/mol. The van der Waals surface area contributed by atoms with Gasteiger partial charge in [0.25, 0.3) is 0 Å². The number of carboxylic acid groups (broad SMARTS) is 1. The summed E-state index contributed by atoms with van der Waals surface area (Å²) >= 11 is 0.